The van der Waals surface area contributed by atoms with Gasteiger partial charge in [0.15, 0.2) is 0 Å². The Balaban J connectivity index is 1.70. The van der Waals surface area contributed by atoms with Gasteiger partial charge in [-0.15, -0.1) is 0 Å². The Labute approximate surface area is 127 Å². The highest BCUT2D eigenvalue weighted by Crippen LogP contribution is 2.32. The van der Waals surface area contributed by atoms with Crippen molar-refractivity contribution in [3.05, 3.63) is 28.8 Å². The molecule has 21 heavy (non-hydrogen) atoms. The molecule has 2 aliphatic rings. The fourth-order valence-corrected chi connectivity index (χ4v) is 3.31. The van der Waals surface area contributed by atoms with Gasteiger partial charge in [-0.05, 0) is 37.5 Å². The first-order chi connectivity index (χ1) is 9.99. The van der Waals surface area contributed by atoms with Gasteiger partial charge in [0.05, 0.1) is 5.56 Å². The summed E-state index contributed by atoms with van der Waals surface area (Å²) in [7, 11) is 0. The van der Waals surface area contributed by atoms with E-state index in [-0.39, 0.29) is 28.7 Å². The van der Waals surface area contributed by atoms with E-state index in [0.717, 1.165) is 19.3 Å². The normalized spacial score (nSPS) is 20.6. The standard InChI is InChI=1S/C15H17ClN2O3/c16-10-1-2-12(19)11(9-10)14(21)18-7-5-15(6-8-18)4-3-13(20)17-15/h1-2,9,19H,3-8H2,(H,17,20). The van der Waals surface area contributed by atoms with Crippen LogP contribution in [0.5, 0.6) is 5.75 Å². The molecule has 2 heterocycles. The molecule has 1 aromatic rings. The molecule has 0 radical (unpaired) electrons. The van der Waals surface area contributed by atoms with Crippen LogP contribution in [0.2, 0.25) is 5.02 Å². The van der Waals surface area contributed by atoms with Crippen LogP contribution in [0.1, 0.15) is 36.0 Å². The maximum atomic E-state index is 12.5. The first kappa shape index (κ1) is 14.2. The second-order valence-electron chi connectivity index (χ2n) is 5.78. The molecule has 0 unspecified atom stereocenters. The molecular formula is C15H17ClN2O3. The molecule has 0 aliphatic carbocycles. The molecule has 1 spiro atoms. The zero-order valence-electron chi connectivity index (χ0n) is 11.6. The molecule has 2 amide bonds. The SMILES string of the molecule is O=C1CCC2(CCN(C(=O)c3cc(Cl)ccc3O)CC2)N1. The van der Waals surface area contributed by atoms with E-state index in [9.17, 15) is 14.7 Å². The number of hydrogen-bond acceptors (Lipinski definition) is 3. The number of phenolic OH excluding ortho intramolecular Hbond substituents is 1. The monoisotopic (exact) mass is 308 g/mol. The number of rotatable bonds is 1. The van der Waals surface area contributed by atoms with E-state index in [1.165, 1.54) is 12.1 Å². The van der Waals surface area contributed by atoms with Crippen molar-refractivity contribution in [3.63, 3.8) is 0 Å². The van der Waals surface area contributed by atoms with Crippen LogP contribution in [0.15, 0.2) is 18.2 Å². The van der Waals surface area contributed by atoms with Gasteiger partial charge in [0.2, 0.25) is 5.91 Å². The quantitative estimate of drug-likeness (QED) is 0.833. The van der Waals surface area contributed by atoms with Gasteiger partial charge >= 0.3 is 0 Å². The highest BCUT2D eigenvalue weighted by atomic mass is 35.5. The van der Waals surface area contributed by atoms with Crippen LogP contribution in [0, 0.1) is 0 Å². The van der Waals surface area contributed by atoms with Gasteiger partial charge in [-0.3, -0.25) is 9.59 Å². The predicted molar refractivity (Wildman–Crippen MR) is 78.4 cm³/mol. The second-order valence-corrected chi connectivity index (χ2v) is 6.22. The fraction of sp³-hybridized carbons (Fsp3) is 0.467. The minimum absolute atomic E-state index is 0.0566. The maximum Gasteiger partial charge on any atom is 0.257 e. The van der Waals surface area contributed by atoms with Crippen molar-refractivity contribution < 1.29 is 14.7 Å². The molecule has 2 aliphatic heterocycles. The van der Waals surface area contributed by atoms with Crippen molar-refractivity contribution in [2.24, 2.45) is 0 Å². The zero-order valence-corrected chi connectivity index (χ0v) is 12.3. The molecule has 0 bridgehead atoms. The molecule has 0 saturated carbocycles. The highest BCUT2D eigenvalue weighted by Gasteiger charge is 2.41. The summed E-state index contributed by atoms with van der Waals surface area (Å²) in [5.41, 5.74) is 0.0958. The van der Waals surface area contributed by atoms with Gasteiger partial charge < -0.3 is 15.3 Å². The Kier molecular flexibility index (Phi) is 3.53. The summed E-state index contributed by atoms with van der Waals surface area (Å²) in [4.78, 5) is 25.6. The van der Waals surface area contributed by atoms with Crippen molar-refractivity contribution in [1.29, 1.82) is 0 Å². The van der Waals surface area contributed by atoms with Crippen LogP contribution in [-0.2, 0) is 4.79 Å². The number of piperidine rings is 1. The summed E-state index contributed by atoms with van der Waals surface area (Å²) in [5.74, 6) is -0.171. The molecule has 5 nitrogen and oxygen atoms in total. The zero-order chi connectivity index (χ0) is 15.0. The Morgan fingerprint density at radius 3 is 2.62 bits per heavy atom. The van der Waals surface area contributed by atoms with Crippen LogP contribution in [0.4, 0.5) is 0 Å². The minimum atomic E-state index is -0.214. The molecule has 0 atom stereocenters. The molecule has 3 rings (SSSR count). The van der Waals surface area contributed by atoms with Gasteiger partial charge in [0, 0.05) is 30.1 Å². The Morgan fingerprint density at radius 1 is 1.29 bits per heavy atom. The molecule has 6 heteroatoms. The topological polar surface area (TPSA) is 69.6 Å². The van der Waals surface area contributed by atoms with Crippen LogP contribution in [0.3, 0.4) is 0 Å². The third-order valence-electron chi connectivity index (χ3n) is 4.43. The van der Waals surface area contributed by atoms with E-state index < -0.39 is 0 Å². The first-order valence-corrected chi connectivity index (χ1v) is 7.46. The molecular weight excluding hydrogens is 292 g/mol. The largest absolute Gasteiger partial charge is 0.507 e. The van der Waals surface area contributed by atoms with E-state index in [2.05, 4.69) is 5.32 Å². The molecule has 1 aromatic carbocycles. The molecule has 2 saturated heterocycles. The summed E-state index contributed by atoms with van der Waals surface area (Å²) in [6.07, 6.45) is 2.93. The van der Waals surface area contributed by atoms with Crippen LogP contribution in [0.25, 0.3) is 0 Å². The van der Waals surface area contributed by atoms with Gasteiger partial charge in [-0.2, -0.15) is 0 Å². The second kappa shape index (κ2) is 5.22. The summed E-state index contributed by atoms with van der Waals surface area (Å²) >= 11 is 5.88. The number of nitrogens with one attached hydrogen (secondary N) is 1. The number of carbonyl (C=O) groups excluding carboxylic acids is 2. The van der Waals surface area contributed by atoms with Crippen molar-refractivity contribution in [2.75, 3.05) is 13.1 Å². The highest BCUT2D eigenvalue weighted by molar-refractivity contribution is 6.31. The van der Waals surface area contributed by atoms with Crippen molar-refractivity contribution in [2.45, 2.75) is 31.2 Å². The maximum absolute atomic E-state index is 12.5. The number of carbonyl (C=O) groups is 2. The lowest BCUT2D eigenvalue weighted by Crippen LogP contribution is -2.52. The number of nitrogens with zero attached hydrogens (tertiary/aromatic N) is 1. The lowest BCUT2D eigenvalue weighted by atomic mass is 9.86. The smallest absolute Gasteiger partial charge is 0.257 e. The number of aromatic hydroxyl groups is 1. The number of benzene rings is 1. The first-order valence-electron chi connectivity index (χ1n) is 7.08. The van der Waals surface area contributed by atoms with E-state index in [1.807, 2.05) is 0 Å². The van der Waals surface area contributed by atoms with Gasteiger partial charge in [0.25, 0.3) is 5.91 Å². The number of hydrogen-bond donors (Lipinski definition) is 2. The van der Waals surface area contributed by atoms with Gasteiger partial charge in [-0.1, -0.05) is 11.6 Å². The summed E-state index contributed by atoms with van der Waals surface area (Å²) in [6, 6.07) is 4.46. The summed E-state index contributed by atoms with van der Waals surface area (Å²) in [6.45, 7) is 1.15. The fourth-order valence-electron chi connectivity index (χ4n) is 3.14. The Bertz CT molecular complexity index is 595. The average Bonchev–Trinajstić information content (AvgIpc) is 2.83. The third-order valence-corrected chi connectivity index (χ3v) is 4.67. The minimum Gasteiger partial charge on any atom is -0.507 e. The number of likely N-dealkylation sites (tertiary alicyclic amines) is 1. The third kappa shape index (κ3) is 2.70. The van der Waals surface area contributed by atoms with E-state index in [1.54, 1.807) is 11.0 Å². The van der Waals surface area contributed by atoms with Crippen molar-refractivity contribution in [1.82, 2.24) is 10.2 Å². The number of amides is 2. The Morgan fingerprint density at radius 2 is 2.00 bits per heavy atom. The molecule has 2 fully saturated rings. The number of halogens is 1. The lowest BCUT2D eigenvalue weighted by Gasteiger charge is -2.39. The Hall–Kier alpha value is -1.75. The van der Waals surface area contributed by atoms with Gasteiger partial charge in [-0.25, -0.2) is 0 Å². The van der Waals surface area contributed by atoms with Crippen LogP contribution in [-0.4, -0.2) is 40.4 Å². The molecule has 0 aromatic heterocycles. The van der Waals surface area contributed by atoms with Crippen LogP contribution < -0.4 is 5.32 Å². The van der Waals surface area contributed by atoms with Crippen molar-refractivity contribution in [3.8, 4) is 5.75 Å². The number of phenols is 1. The van der Waals surface area contributed by atoms with Crippen LogP contribution >= 0.6 is 11.6 Å². The molecule has 2 N–H and O–H groups in total. The summed E-state index contributed by atoms with van der Waals surface area (Å²) < 4.78 is 0. The van der Waals surface area contributed by atoms with Gasteiger partial charge in [0.1, 0.15) is 5.75 Å². The molecule has 112 valence electrons. The predicted octanol–water partition coefficient (Wildman–Crippen LogP) is 1.93. The average molecular weight is 309 g/mol. The van der Waals surface area contributed by atoms with Crippen molar-refractivity contribution >= 4 is 23.4 Å². The van der Waals surface area contributed by atoms with E-state index in [4.69, 9.17) is 11.6 Å². The van der Waals surface area contributed by atoms with E-state index >= 15 is 0 Å². The summed E-state index contributed by atoms with van der Waals surface area (Å²) in [5, 5.41) is 13.3. The lowest BCUT2D eigenvalue weighted by molar-refractivity contribution is -0.120. The van der Waals surface area contributed by atoms with E-state index in [0.29, 0.717) is 24.5 Å².